The van der Waals surface area contributed by atoms with E-state index in [1.807, 2.05) is 12.1 Å². The van der Waals surface area contributed by atoms with Gasteiger partial charge in [0.05, 0.1) is 7.11 Å². The Labute approximate surface area is 191 Å². The number of aromatic nitrogens is 2. The van der Waals surface area contributed by atoms with Crippen LogP contribution in [0.3, 0.4) is 0 Å². The van der Waals surface area contributed by atoms with Gasteiger partial charge in [-0.25, -0.2) is 9.97 Å². The van der Waals surface area contributed by atoms with Crippen LogP contribution < -0.4 is 9.64 Å². The average molecular weight is 435 g/mol. The van der Waals surface area contributed by atoms with Crippen molar-refractivity contribution in [3.05, 3.63) is 48.3 Å². The fourth-order valence-corrected chi connectivity index (χ4v) is 6.15. The number of piperidine rings is 1. The standard InChI is InChI=1S/C26H34N4O2/c1-26(9-13-29(14-10-26)25-27-11-4-12-28-25)24(31)30-17-21-8-7-20(23(21)18-30)15-19-5-3-6-22(16-19)32-2/h3-6,11-12,16,20-21,23H,7-10,13-15,17-18H2,1-2H3/t20-,21-,23-/m1/s1. The summed E-state index contributed by atoms with van der Waals surface area (Å²) >= 11 is 0. The van der Waals surface area contributed by atoms with Gasteiger partial charge in [0.25, 0.3) is 0 Å². The molecule has 6 nitrogen and oxygen atoms in total. The van der Waals surface area contributed by atoms with Crippen molar-refractivity contribution in [1.29, 1.82) is 0 Å². The van der Waals surface area contributed by atoms with E-state index in [2.05, 4.69) is 44.9 Å². The van der Waals surface area contributed by atoms with Crippen LogP contribution in [-0.2, 0) is 11.2 Å². The molecule has 0 bridgehead atoms. The molecule has 5 rings (SSSR count). The SMILES string of the molecule is COc1cccc(C[C@H]2CC[C@@H]3CN(C(=O)C4(C)CCN(c5ncccn5)CC4)C[C@H]23)c1. The number of amides is 1. The Morgan fingerprint density at radius 1 is 1.12 bits per heavy atom. The first-order valence-electron chi connectivity index (χ1n) is 12.0. The van der Waals surface area contributed by atoms with Gasteiger partial charge >= 0.3 is 0 Å². The molecule has 3 atom stereocenters. The summed E-state index contributed by atoms with van der Waals surface area (Å²) in [6.45, 7) is 5.72. The predicted octanol–water partition coefficient (Wildman–Crippen LogP) is 3.82. The van der Waals surface area contributed by atoms with Gasteiger partial charge in [-0.15, -0.1) is 0 Å². The molecule has 0 unspecified atom stereocenters. The third kappa shape index (κ3) is 4.07. The molecule has 0 N–H and O–H groups in total. The van der Waals surface area contributed by atoms with Gasteiger partial charge < -0.3 is 14.5 Å². The summed E-state index contributed by atoms with van der Waals surface area (Å²) in [4.78, 5) is 26.8. The lowest BCUT2D eigenvalue weighted by Gasteiger charge is -2.40. The third-order valence-corrected chi connectivity index (χ3v) is 8.14. The van der Waals surface area contributed by atoms with E-state index in [4.69, 9.17) is 4.74 Å². The van der Waals surface area contributed by atoms with Crippen molar-refractivity contribution in [3.8, 4) is 5.75 Å². The molecule has 170 valence electrons. The number of benzene rings is 1. The number of likely N-dealkylation sites (tertiary alicyclic amines) is 1. The largest absolute Gasteiger partial charge is 0.497 e. The molecular formula is C26H34N4O2. The molecule has 3 heterocycles. The van der Waals surface area contributed by atoms with Crippen LogP contribution in [-0.4, -0.2) is 54.1 Å². The Morgan fingerprint density at radius 3 is 2.66 bits per heavy atom. The summed E-state index contributed by atoms with van der Waals surface area (Å²) in [6.07, 6.45) is 8.91. The van der Waals surface area contributed by atoms with Crippen LogP contribution in [0.1, 0.15) is 38.2 Å². The van der Waals surface area contributed by atoms with Crippen molar-refractivity contribution in [3.63, 3.8) is 0 Å². The van der Waals surface area contributed by atoms with Gasteiger partial charge in [-0.2, -0.15) is 0 Å². The average Bonchev–Trinajstić information content (AvgIpc) is 3.42. The lowest BCUT2D eigenvalue weighted by atomic mass is 9.79. The van der Waals surface area contributed by atoms with E-state index in [0.717, 1.165) is 57.1 Å². The number of ether oxygens (including phenoxy) is 1. The number of hydrogen-bond donors (Lipinski definition) is 0. The van der Waals surface area contributed by atoms with Crippen LogP contribution in [0, 0.1) is 23.2 Å². The molecule has 1 aliphatic carbocycles. The maximum absolute atomic E-state index is 13.6. The molecule has 1 saturated carbocycles. The highest BCUT2D eigenvalue weighted by Crippen LogP contribution is 2.45. The minimum atomic E-state index is -0.272. The molecule has 3 fully saturated rings. The summed E-state index contributed by atoms with van der Waals surface area (Å²) in [5, 5.41) is 0. The Morgan fingerprint density at radius 2 is 1.91 bits per heavy atom. The van der Waals surface area contributed by atoms with E-state index in [1.54, 1.807) is 19.5 Å². The maximum Gasteiger partial charge on any atom is 0.228 e. The van der Waals surface area contributed by atoms with Gasteiger partial charge in [-0.3, -0.25) is 4.79 Å². The monoisotopic (exact) mass is 434 g/mol. The first kappa shape index (κ1) is 21.2. The molecule has 2 aliphatic heterocycles. The third-order valence-electron chi connectivity index (χ3n) is 8.14. The van der Waals surface area contributed by atoms with Crippen LogP contribution in [0.4, 0.5) is 5.95 Å². The zero-order valence-electron chi connectivity index (χ0n) is 19.2. The summed E-state index contributed by atoms with van der Waals surface area (Å²) in [7, 11) is 1.73. The van der Waals surface area contributed by atoms with Crippen LogP contribution in [0.5, 0.6) is 5.75 Å². The van der Waals surface area contributed by atoms with Gasteiger partial charge in [0.1, 0.15) is 5.75 Å². The molecule has 1 aromatic heterocycles. The highest BCUT2D eigenvalue weighted by Gasteiger charge is 2.48. The van der Waals surface area contributed by atoms with Gasteiger partial charge in [0.15, 0.2) is 0 Å². The number of hydrogen-bond acceptors (Lipinski definition) is 5. The number of carbonyl (C=O) groups is 1. The second-order valence-corrected chi connectivity index (χ2v) is 10.1. The minimum Gasteiger partial charge on any atom is -0.497 e. The zero-order valence-corrected chi connectivity index (χ0v) is 19.2. The molecule has 1 aromatic carbocycles. The number of methoxy groups -OCH3 is 1. The van der Waals surface area contributed by atoms with Gasteiger partial charge in [0.2, 0.25) is 11.9 Å². The molecule has 32 heavy (non-hydrogen) atoms. The second-order valence-electron chi connectivity index (χ2n) is 10.1. The van der Waals surface area contributed by atoms with Crippen LogP contribution in [0.15, 0.2) is 42.7 Å². The molecule has 6 heteroatoms. The van der Waals surface area contributed by atoms with Crippen molar-refractivity contribution in [2.75, 3.05) is 38.2 Å². The molecule has 0 radical (unpaired) electrons. The van der Waals surface area contributed by atoms with Crippen molar-refractivity contribution in [1.82, 2.24) is 14.9 Å². The highest BCUT2D eigenvalue weighted by atomic mass is 16.5. The number of rotatable bonds is 5. The predicted molar refractivity (Wildman–Crippen MR) is 125 cm³/mol. The molecule has 2 aromatic rings. The second kappa shape index (κ2) is 8.72. The molecule has 0 spiro atoms. The van der Waals surface area contributed by atoms with Crippen molar-refractivity contribution in [2.45, 2.75) is 39.0 Å². The summed E-state index contributed by atoms with van der Waals surface area (Å²) in [5.74, 6) is 4.02. The van der Waals surface area contributed by atoms with Crippen molar-refractivity contribution in [2.24, 2.45) is 23.2 Å². The van der Waals surface area contributed by atoms with Gasteiger partial charge in [0, 0.05) is 44.0 Å². The van der Waals surface area contributed by atoms with E-state index < -0.39 is 0 Å². The van der Waals surface area contributed by atoms with Crippen molar-refractivity contribution < 1.29 is 9.53 Å². The van der Waals surface area contributed by atoms with Gasteiger partial charge in [-0.1, -0.05) is 19.1 Å². The van der Waals surface area contributed by atoms with Crippen LogP contribution in [0.25, 0.3) is 0 Å². The minimum absolute atomic E-state index is 0.272. The van der Waals surface area contributed by atoms with Gasteiger partial charge in [-0.05, 0) is 73.6 Å². The van der Waals surface area contributed by atoms with Crippen molar-refractivity contribution >= 4 is 11.9 Å². The number of nitrogens with zero attached hydrogens (tertiary/aromatic N) is 4. The first-order chi connectivity index (χ1) is 15.6. The number of fused-ring (bicyclic) bond motifs is 1. The number of carbonyl (C=O) groups excluding carboxylic acids is 1. The fourth-order valence-electron chi connectivity index (χ4n) is 6.15. The summed E-state index contributed by atoms with van der Waals surface area (Å²) in [5.41, 5.74) is 1.08. The first-order valence-corrected chi connectivity index (χ1v) is 12.0. The maximum atomic E-state index is 13.6. The Kier molecular flexibility index (Phi) is 5.78. The Bertz CT molecular complexity index is 942. The Hall–Kier alpha value is -2.63. The topological polar surface area (TPSA) is 58.6 Å². The quantitative estimate of drug-likeness (QED) is 0.716. The smallest absolute Gasteiger partial charge is 0.228 e. The van der Waals surface area contributed by atoms with E-state index >= 15 is 0 Å². The number of anilines is 1. The molecule has 3 aliphatic rings. The summed E-state index contributed by atoms with van der Waals surface area (Å²) in [6, 6.07) is 10.3. The Balaban J connectivity index is 1.20. The molecular weight excluding hydrogens is 400 g/mol. The van der Waals surface area contributed by atoms with Crippen LogP contribution >= 0.6 is 0 Å². The molecule has 1 amide bonds. The van der Waals surface area contributed by atoms with E-state index in [-0.39, 0.29) is 5.41 Å². The lowest BCUT2D eigenvalue weighted by Crippen LogP contribution is -2.49. The summed E-state index contributed by atoms with van der Waals surface area (Å²) < 4.78 is 5.40. The lowest BCUT2D eigenvalue weighted by molar-refractivity contribution is -0.141. The normalized spacial score (nSPS) is 26.8. The fraction of sp³-hybridized carbons (Fsp3) is 0.577. The molecule has 2 saturated heterocycles. The zero-order chi connectivity index (χ0) is 22.1. The van der Waals surface area contributed by atoms with E-state index in [9.17, 15) is 4.79 Å². The van der Waals surface area contributed by atoms with E-state index in [0.29, 0.717) is 23.7 Å². The highest BCUT2D eigenvalue weighted by molar-refractivity contribution is 5.83. The van der Waals surface area contributed by atoms with Crippen LogP contribution in [0.2, 0.25) is 0 Å². The van der Waals surface area contributed by atoms with E-state index in [1.165, 1.54) is 18.4 Å².